The summed E-state index contributed by atoms with van der Waals surface area (Å²) < 4.78 is 0. The second kappa shape index (κ2) is 4.25. The highest BCUT2D eigenvalue weighted by atomic mass is 16.2. The Morgan fingerprint density at radius 3 is 2.62 bits per heavy atom. The first-order valence-electron chi connectivity index (χ1n) is 4.75. The van der Waals surface area contributed by atoms with Crippen LogP contribution in [-0.4, -0.2) is 47.8 Å². The molecule has 4 nitrogen and oxygen atoms in total. The Morgan fingerprint density at radius 1 is 1.54 bits per heavy atom. The lowest BCUT2D eigenvalue weighted by Crippen LogP contribution is -2.35. The molecule has 2 amide bonds. The maximum Gasteiger partial charge on any atom is 0.320 e. The second-order valence-corrected chi connectivity index (χ2v) is 3.22. The van der Waals surface area contributed by atoms with E-state index in [9.17, 15) is 9.59 Å². The highest BCUT2D eigenvalue weighted by molar-refractivity contribution is 5.82. The van der Waals surface area contributed by atoms with Crippen molar-refractivity contribution in [1.82, 2.24) is 9.80 Å². The molecule has 4 heteroatoms. The zero-order chi connectivity index (χ0) is 9.84. The summed E-state index contributed by atoms with van der Waals surface area (Å²) in [6.07, 6.45) is 1.80. The van der Waals surface area contributed by atoms with Gasteiger partial charge in [0.2, 0.25) is 0 Å². The summed E-state index contributed by atoms with van der Waals surface area (Å²) in [5.41, 5.74) is 0. The topological polar surface area (TPSA) is 40.6 Å². The number of nitrogens with zero attached hydrogens (tertiary/aromatic N) is 2. The molecule has 0 bridgehead atoms. The first-order valence-corrected chi connectivity index (χ1v) is 4.75. The van der Waals surface area contributed by atoms with Crippen LogP contribution >= 0.6 is 0 Å². The van der Waals surface area contributed by atoms with Crippen molar-refractivity contribution in [3.05, 3.63) is 0 Å². The van der Waals surface area contributed by atoms with Gasteiger partial charge in [0.15, 0.2) is 0 Å². The number of urea groups is 1. The zero-order valence-electron chi connectivity index (χ0n) is 8.19. The van der Waals surface area contributed by atoms with Gasteiger partial charge < -0.3 is 14.6 Å². The Balaban J connectivity index is 2.65. The molecule has 0 aromatic heterocycles. The molecule has 0 unspecified atom stereocenters. The van der Waals surface area contributed by atoms with E-state index in [1.54, 1.807) is 9.80 Å². The maximum atomic E-state index is 11.6. The molecule has 0 radical (unpaired) electrons. The largest absolute Gasteiger partial charge is 0.322 e. The number of carbonyl (C=O) groups is 2. The standard InChI is InChI=1S/C9H16N2O2/c1-3-5-10-6-8(7-12)11(4-2)9(10)13/h7-8H,3-6H2,1-2H3/t8-/m0/s1. The lowest BCUT2D eigenvalue weighted by Gasteiger charge is -2.17. The van der Waals surface area contributed by atoms with E-state index in [-0.39, 0.29) is 12.1 Å². The van der Waals surface area contributed by atoms with Gasteiger partial charge in [-0.2, -0.15) is 0 Å². The fourth-order valence-corrected chi connectivity index (χ4v) is 1.67. The van der Waals surface area contributed by atoms with Crippen LogP contribution in [0.1, 0.15) is 20.3 Å². The summed E-state index contributed by atoms with van der Waals surface area (Å²) in [7, 11) is 0. The van der Waals surface area contributed by atoms with Crippen LogP contribution in [-0.2, 0) is 4.79 Å². The zero-order valence-corrected chi connectivity index (χ0v) is 8.19. The molecule has 0 N–H and O–H groups in total. The third-order valence-electron chi connectivity index (χ3n) is 2.32. The Labute approximate surface area is 78.5 Å². The van der Waals surface area contributed by atoms with Gasteiger partial charge in [-0.15, -0.1) is 0 Å². The molecule has 0 aromatic rings. The normalized spacial score (nSPS) is 22.6. The molecular weight excluding hydrogens is 168 g/mol. The van der Waals surface area contributed by atoms with E-state index in [1.807, 2.05) is 13.8 Å². The lowest BCUT2D eigenvalue weighted by molar-refractivity contribution is -0.110. The Kier molecular flexibility index (Phi) is 3.28. The van der Waals surface area contributed by atoms with E-state index < -0.39 is 0 Å². The molecule has 1 aliphatic heterocycles. The quantitative estimate of drug-likeness (QED) is 0.604. The first-order chi connectivity index (χ1) is 6.24. The average molecular weight is 184 g/mol. The fourth-order valence-electron chi connectivity index (χ4n) is 1.67. The molecule has 0 aliphatic carbocycles. The van der Waals surface area contributed by atoms with Crippen molar-refractivity contribution in [2.24, 2.45) is 0 Å². The van der Waals surface area contributed by atoms with Crippen LogP contribution in [0.4, 0.5) is 4.79 Å². The van der Waals surface area contributed by atoms with Crippen LogP contribution in [0.15, 0.2) is 0 Å². The summed E-state index contributed by atoms with van der Waals surface area (Å²) in [6.45, 7) is 5.84. The van der Waals surface area contributed by atoms with E-state index in [4.69, 9.17) is 0 Å². The van der Waals surface area contributed by atoms with Crippen molar-refractivity contribution in [2.45, 2.75) is 26.3 Å². The number of amides is 2. The van der Waals surface area contributed by atoms with Crippen molar-refractivity contribution >= 4 is 12.3 Å². The van der Waals surface area contributed by atoms with Gasteiger partial charge in [0.25, 0.3) is 0 Å². The van der Waals surface area contributed by atoms with Crippen molar-refractivity contribution in [2.75, 3.05) is 19.6 Å². The van der Waals surface area contributed by atoms with Gasteiger partial charge in [-0.1, -0.05) is 6.92 Å². The highest BCUT2D eigenvalue weighted by Crippen LogP contribution is 2.14. The van der Waals surface area contributed by atoms with Crippen LogP contribution in [0.3, 0.4) is 0 Å². The van der Waals surface area contributed by atoms with Gasteiger partial charge in [-0.05, 0) is 13.3 Å². The van der Waals surface area contributed by atoms with Crippen LogP contribution in [0.5, 0.6) is 0 Å². The van der Waals surface area contributed by atoms with Crippen LogP contribution in [0, 0.1) is 0 Å². The number of hydrogen-bond acceptors (Lipinski definition) is 2. The molecule has 13 heavy (non-hydrogen) atoms. The summed E-state index contributed by atoms with van der Waals surface area (Å²) in [5.74, 6) is 0. The molecule has 0 aromatic carbocycles. The molecule has 0 saturated carbocycles. The lowest BCUT2D eigenvalue weighted by atomic mass is 10.3. The SMILES string of the molecule is CCCN1C[C@@H](C=O)N(CC)C1=O. The molecule has 1 fully saturated rings. The monoisotopic (exact) mass is 184 g/mol. The minimum absolute atomic E-state index is 0.00134. The number of carbonyl (C=O) groups excluding carboxylic acids is 2. The highest BCUT2D eigenvalue weighted by Gasteiger charge is 2.34. The van der Waals surface area contributed by atoms with E-state index in [0.717, 1.165) is 19.3 Å². The summed E-state index contributed by atoms with van der Waals surface area (Å²) in [4.78, 5) is 25.6. The first kappa shape index (κ1) is 10.0. The minimum Gasteiger partial charge on any atom is -0.322 e. The number of rotatable bonds is 4. The number of aldehydes is 1. The van der Waals surface area contributed by atoms with Gasteiger partial charge in [0.05, 0.1) is 0 Å². The van der Waals surface area contributed by atoms with Gasteiger partial charge in [-0.25, -0.2) is 4.79 Å². The van der Waals surface area contributed by atoms with Gasteiger partial charge >= 0.3 is 6.03 Å². The van der Waals surface area contributed by atoms with Crippen molar-refractivity contribution in [3.8, 4) is 0 Å². The molecule has 1 heterocycles. The molecule has 1 rings (SSSR count). The predicted octanol–water partition coefficient (Wildman–Crippen LogP) is 0.721. The van der Waals surface area contributed by atoms with Gasteiger partial charge in [0, 0.05) is 19.6 Å². The van der Waals surface area contributed by atoms with Crippen molar-refractivity contribution in [3.63, 3.8) is 0 Å². The van der Waals surface area contributed by atoms with Crippen LogP contribution < -0.4 is 0 Å². The fraction of sp³-hybridized carbons (Fsp3) is 0.778. The van der Waals surface area contributed by atoms with Gasteiger partial charge in [0.1, 0.15) is 12.3 Å². The Morgan fingerprint density at radius 2 is 2.23 bits per heavy atom. The molecule has 0 spiro atoms. The molecule has 1 saturated heterocycles. The van der Waals surface area contributed by atoms with Crippen LogP contribution in [0.25, 0.3) is 0 Å². The molecule has 74 valence electrons. The van der Waals surface area contributed by atoms with Crippen LogP contribution in [0.2, 0.25) is 0 Å². The van der Waals surface area contributed by atoms with E-state index in [1.165, 1.54) is 0 Å². The predicted molar refractivity (Wildman–Crippen MR) is 49.5 cm³/mol. The summed E-state index contributed by atoms with van der Waals surface area (Å²) in [5, 5.41) is 0. The summed E-state index contributed by atoms with van der Waals surface area (Å²) in [6, 6.07) is -0.231. The smallest absolute Gasteiger partial charge is 0.320 e. The van der Waals surface area contributed by atoms with E-state index in [2.05, 4.69) is 0 Å². The second-order valence-electron chi connectivity index (χ2n) is 3.22. The molecular formula is C9H16N2O2. The van der Waals surface area contributed by atoms with E-state index in [0.29, 0.717) is 13.1 Å². The molecule has 1 atom stereocenters. The Hall–Kier alpha value is -1.06. The van der Waals surface area contributed by atoms with E-state index >= 15 is 0 Å². The maximum absolute atomic E-state index is 11.6. The molecule has 1 aliphatic rings. The number of likely N-dealkylation sites (N-methyl/N-ethyl adjacent to an activating group) is 1. The van der Waals surface area contributed by atoms with Gasteiger partial charge in [-0.3, -0.25) is 0 Å². The third kappa shape index (κ3) is 1.82. The number of hydrogen-bond donors (Lipinski definition) is 0. The third-order valence-corrected chi connectivity index (χ3v) is 2.32. The van der Waals surface area contributed by atoms with Crippen molar-refractivity contribution in [1.29, 1.82) is 0 Å². The average Bonchev–Trinajstić information content (AvgIpc) is 2.44. The minimum atomic E-state index is -0.232. The van der Waals surface area contributed by atoms with Crippen molar-refractivity contribution < 1.29 is 9.59 Å². The Bertz CT molecular complexity index is 206. The summed E-state index contributed by atoms with van der Waals surface area (Å²) >= 11 is 0.